The van der Waals surface area contributed by atoms with Crippen molar-refractivity contribution in [3.05, 3.63) is 0 Å². The molecule has 1 fully saturated rings. The molecule has 102 valence electrons. The quantitative estimate of drug-likeness (QED) is 0.411. The molecule has 4 heteroatoms. The van der Waals surface area contributed by atoms with Gasteiger partial charge in [-0.05, 0) is 37.7 Å². The van der Waals surface area contributed by atoms with Gasteiger partial charge in [-0.3, -0.25) is 4.90 Å². The zero-order chi connectivity index (χ0) is 12.5. The van der Waals surface area contributed by atoms with Crippen molar-refractivity contribution in [2.24, 2.45) is 0 Å². The van der Waals surface area contributed by atoms with Crippen molar-refractivity contribution in [3.63, 3.8) is 0 Å². The van der Waals surface area contributed by atoms with Gasteiger partial charge < -0.3 is 10.1 Å². The number of ether oxygens (including phenoxy) is 1. The molecule has 1 unspecified atom stereocenters. The molecule has 1 rings (SSSR count). The Morgan fingerprint density at radius 3 is 2.88 bits per heavy atom. The van der Waals surface area contributed by atoms with E-state index in [-0.39, 0.29) is 0 Å². The van der Waals surface area contributed by atoms with Gasteiger partial charge in [0, 0.05) is 25.7 Å². The zero-order valence-corrected chi connectivity index (χ0v) is 13.4. The average Bonchev–Trinajstić information content (AvgIpc) is 2.34. The Morgan fingerprint density at radius 1 is 1.35 bits per heavy atom. The molecule has 0 aromatic carbocycles. The molecular formula is C13H27IN2O. The SMILES string of the molecule is CC(C)N1CCOC(CNCCCCCI)C1. The number of nitrogens with one attached hydrogen (secondary N) is 1. The molecule has 0 bridgehead atoms. The van der Waals surface area contributed by atoms with Gasteiger partial charge in [-0.2, -0.15) is 0 Å². The molecule has 1 heterocycles. The van der Waals surface area contributed by atoms with E-state index in [0.717, 1.165) is 32.8 Å². The summed E-state index contributed by atoms with van der Waals surface area (Å²) < 4.78 is 7.07. The van der Waals surface area contributed by atoms with Gasteiger partial charge in [-0.25, -0.2) is 0 Å². The minimum atomic E-state index is 0.385. The average molecular weight is 354 g/mol. The van der Waals surface area contributed by atoms with Crippen LogP contribution in [-0.4, -0.2) is 54.3 Å². The van der Waals surface area contributed by atoms with Crippen molar-refractivity contribution in [2.75, 3.05) is 37.2 Å². The first-order valence-electron chi connectivity index (χ1n) is 6.86. The standard InChI is InChI=1S/C13H27IN2O/c1-12(2)16-8-9-17-13(11-16)10-15-7-5-3-4-6-14/h12-13,15H,3-11H2,1-2H3. The van der Waals surface area contributed by atoms with Gasteiger partial charge in [-0.15, -0.1) is 0 Å². The normalized spacial score (nSPS) is 22.2. The molecule has 1 atom stereocenters. The van der Waals surface area contributed by atoms with Crippen LogP contribution >= 0.6 is 22.6 Å². The number of hydrogen-bond donors (Lipinski definition) is 1. The first-order chi connectivity index (χ1) is 8.24. The maximum Gasteiger partial charge on any atom is 0.0826 e. The van der Waals surface area contributed by atoms with E-state index < -0.39 is 0 Å². The highest BCUT2D eigenvalue weighted by Crippen LogP contribution is 2.08. The van der Waals surface area contributed by atoms with E-state index in [0.29, 0.717) is 12.1 Å². The maximum atomic E-state index is 5.78. The Labute approximate surface area is 120 Å². The minimum Gasteiger partial charge on any atom is -0.374 e. The molecule has 0 saturated carbocycles. The van der Waals surface area contributed by atoms with Gasteiger partial charge >= 0.3 is 0 Å². The summed E-state index contributed by atoms with van der Waals surface area (Å²) in [5.41, 5.74) is 0. The number of alkyl halides is 1. The van der Waals surface area contributed by atoms with E-state index in [1.54, 1.807) is 0 Å². The number of unbranched alkanes of at least 4 members (excludes halogenated alkanes) is 2. The largest absolute Gasteiger partial charge is 0.374 e. The lowest BCUT2D eigenvalue weighted by atomic mass is 10.2. The van der Waals surface area contributed by atoms with Gasteiger partial charge in [0.25, 0.3) is 0 Å². The van der Waals surface area contributed by atoms with Crippen molar-refractivity contribution in [1.82, 2.24) is 10.2 Å². The van der Waals surface area contributed by atoms with Crippen molar-refractivity contribution in [3.8, 4) is 0 Å². The van der Waals surface area contributed by atoms with Crippen LogP contribution in [0.4, 0.5) is 0 Å². The van der Waals surface area contributed by atoms with Gasteiger partial charge in [0.05, 0.1) is 12.7 Å². The van der Waals surface area contributed by atoms with E-state index in [9.17, 15) is 0 Å². The number of rotatable bonds is 8. The number of halogens is 1. The first-order valence-corrected chi connectivity index (χ1v) is 8.39. The van der Waals surface area contributed by atoms with Crippen LogP contribution in [-0.2, 0) is 4.74 Å². The lowest BCUT2D eigenvalue weighted by Crippen LogP contribution is -2.49. The molecule has 17 heavy (non-hydrogen) atoms. The lowest BCUT2D eigenvalue weighted by molar-refractivity contribution is -0.0370. The summed E-state index contributed by atoms with van der Waals surface area (Å²) in [5.74, 6) is 0. The van der Waals surface area contributed by atoms with Crippen LogP contribution in [0.3, 0.4) is 0 Å². The highest BCUT2D eigenvalue weighted by molar-refractivity contribution is 14.1. The monoisotopic (exact) mass is 354 g/mol. The number of hydrogen-bond acceptors (Lipinski definition) is 3. The van der Waals surface area contributed by atoms with E-state index in [1.165, 1.54) is 23.7 Å². The molecule has 1 aliphatic rings. The highest BCUT2D eigenvalue weighted by Gasteiger charge is 2.21. The van der Waals surface area contributed by atoms with E-state index in [4.69, 9.17) is 4.74 Å². The van der Waals surface area contributed by atoms with E-state index in [1.807, 2.05) is 0 Å². The summed E-state index contributed by atoms with van der Waals surface area (Å²) in [5, 5.41) is 3.52. The molecule has 0 aromatic heterocycles. The Hall–Kier alpha value is 0.610. The van der Waals surface area contributed by atoms with Crippen molar-refractivity contribution in [1.29, 1.82) is 0 Å². The fourth-order valence-corrected chi connectivity index (χ4v) is 2.66. The smallest absolute Gasteiger partial charge is 0.0826 e. The third kappa shape index (κ3) is 6.94. The summed E-state index contributed by atoms with van der Waals surface area (Å²) in [4.78, 5) is 2.51. The molecule has 0 aliphatic carbocycles. The van der Waals surface area contributed by atoms with Crippen LogP contribution in [0.25, 0.3) is 0 Å². The second-order valence-corrected chi connectivity index (χ2v) is 6.11. The van der Waals surface area contributed by atoms with Crippen LogP contribution in [0.1, 0.15) is 33.1 Å². The predicted octanol–water partition coefficient (Wildman–Crippen LogP) is 2.29. The van der Waals surface area contributed by atoms with Crippen molar-refractivity contribution < 1.29 is 4.74 Å². The fourth-order valence-electron chi connectivity index (χ4n) is 2.12. The van der Waals surface area contributed by atoms with Crippen LogP contribution < -0.4 is 5.32 Å². The van der Waals surface area contributed by atoms with Gasteiger partial charge in [-0.1, -0.05) is 29.0 Å². The second kappa shape index (κ2) is 9.53. The van der Waals surface area contributed by atoms with Gasteiger partial charge in [0.15, 0.2) is 0 Å². The highest BCUT2D eigenvalue weighted by atomic mass is 127. The first kappa shape index (κ1) is 15.7. The topological polar surface area (TPSA) is 24.5 Å². The molecule has 1 N–H and O–H groups in total. The predicted molar refractivity (Wildman–Crippen MR) is 82.1 cm³/mol. The van der Waals surface area contributed by atoms with E-state index >= 15 is 0 Å². The fraction of sp³-hybridized carbons (Fsp3) is 1.00. The van der Waals surface area contributed by atoms with Gasteiger partial charge in [0.2, 0.25) is 0 Å². The van der Waals surface area contributed by atoms with Crippen molar-refractivity contribution >= 4 is 22.6 Å². The Bertz CT molecular complexity index is 190. The molecule has 0 spiro atoms. The molecule has 0 amide bonds. The zero-order valence-electron chi connectivity index (χ0n) is 11.3. The summed E-state index contributed by atoms with van der Waals surface area (Å²) in [6.07, 6.45) is 4.38. The number of morpholine rings is 1. The molecule has 1 saturated heterocycles. The molecule has 3 nitrogen and oxygen atoms in total. The Kier molecular flexibility index (Phi) is 8.78. The van der Waals surface area contributed by atoms with Crippen LogP contribution in [0.2, 0.25) is 0 Å². The minimum absolute atomic E-state index is 0.385. The van der Waals surface area contributed by atoms with Crippen LogP contribution in [0, 0.1) is 0 Å². The maximum absolute atomic E-state index is 5.78. The second-order valence-electron chi connectivity index (χ2n) is 5.04. The van der Waals surface area contributed by atoms with Crippen molar-refractivity contribution in [2.45, 2.75) is 45.3 Å². The number of nitrogens with zero attached hydrogens (tertiary/aromatic N) is 1. The molecule has 0 radical (unpaired) electrons. The van der Waals surface area contributed by atoms with E-state index in [2.05, 4.69) is 46.7 Å². The van der Waals surface area contributed by atoms with Crippen LogP contribution in [0.5, 0.6) is 0 Å². The third-order valence-electron chi connectivity index (χ3n) is 3.26. The Balaban J connectivity index is 2.02. The van der Waals surface area contributed by atoms with Gasteiger partial charge in [0.1, 0.15) is 0 Å². The summed E-state index contributed by atoms with van der Waals surface area (Å²) in [7, 11) is 0. The summed E-state index contributed by atoms with van der Waals surface area (Å²) in [6.45, 7) is 9.73. The molecule has 0 aromatic rings. The third-order valence-corrected chi connectivity index (χ3v) is 4.02. The Morgan fingerprint density at radius 2 is 2.18 bits per heavy atom. The lowest BCUT2D eigenvalue weighted by Gasteiger charge is -2.35. The summed E-state index contributed by atoms with van der Waals surface area (Å²) >= 11 is 2.45. The molecule has 1 aliphatic heterocycles. The summed E-state index contributed by atoms with van der Waals surface area (Å²) in [6, 6.07) is 0.644. The van der Waals surface area contributed by atoms with Crippen LogP contribution in [0.15, 0.2) is 0 Å². The molecular weight excluding hydrogens is 327 g/mol.